The Balaban J connectivity index is 2.49. The van der Waals surface area contributed by atoms with E-state index >= 15 is 0 Å². The predicted octanol–water partition coefficient (Wildman–Crippen LogP) is 2.38. The van der Waals surface area contributed by atoms with Crippen molar-refractivity contribution < 1.29 is 4.74 Å². The number of methoxy groups -OCH3 is 1. The Kier molecular flexibility index (Phi) is 5.85. The third kappa shape index (κ3) is 5.31. The zero-order valence-electron chi connectivity index (χ0n) is 11.8. The summed E-state index contributed by atoms with van der Waals surface area (Å²) in [6.45, 7) is 8.92. The van der Waals surface area contributed by atoms with E-state index in [1.165, 1.54) is 0 Å². The standard InChI is InChI=1S/C13H24N4O/c1-5-15-11-8-14-9-12(17-11)16-10-13(2,3)6-7-18-4/h8-9H,5-7,10H2,1-4H3,(H2,15,16,17). The van der Waals surface area contributed by atoms with Gasteiger partial charge in [-0.15, -0.1) is 0 Å². The van der Waals surface area contributed by atoms with Crippen molar-refractivity contribution in [1.29, 1.82) is 0 Å². The van der Waals surface area contributed by atoms with Crippen LogP contribution in [0.5, 0.6) is 0 Å². The van der Waals surface area contributed by atoms with Crippen molar-refractivity contribution in [3.63, 3.8) is 0 Å². The molecule has 0 aliphatic carbocycles. The van der Waals surface area contributed by atoms with Crippen LogP contribution >= 0.6 is 0 Å². The van der Waals surface area contributed by atoms with E-state index in [4.69, 9.17) is 4.74 Å². The quantitative estimate of drug-likeness (QED) is 0.744. The second kappa shape index (κ2) is 7.16. The van der Waals surface area contributed by atoms with E-state index < -0.39 is 0 Å². The Hall–Kier alpha value is -1.36. The molecule has 2 N–H and O–H groups in total. The molecule has 0 amide bonds. The summed E-state index contributed by atoms with van der Waals surface area (Å²) in [5, 5.41) is 6.47. The van der Waals surface area contributed by atoms with Crippen molar-refractivity contribution in [2.24, 2.45) is 5.41 Å². The molecule has 0 aliphatic rings. The molecule has 0 spiro atoms. The van der Waals surface area contributed by atoms with Crippen LogP contribution in [0.2, 0.25) is 0 Å². The highest BCUT2D eigenvalue weighted by atomic mass is 16.5. The zero-order valence-corrected chi connectivity index (χ0v) is 11.8. The molecule has 0 saturated heterocycles. The van der Waals surface area contributed by atoms with E-state index in [1.54, 1.807) is 19.5 Å². The number of hydrogen-bond donors (Lipinski definition) is 2. The van der Waals surface area contributed by atoms with Crippen LogP contribution in [0, 0.1) is 5.41 Å². The highest BCUT2D eigenvalue weighted by Gasteiger charge is 2.17. The molecular weight excluding hydrogens is 228 g/mol. The Labute approximate surface area is 109 Å². The first-order valence-electron chi connectivity index (χ1n) is 6.36. The normalized spacial score (nSPS) is 11.3. The van der Waals surface area contributed by atoms with Gasteiger partial charge in [0, 0.05) is 26.8 Å². The van der Waals surface area contributed by atoms with Crippen molar-refractivity contribution >= 4 is 11.6 Å². The molecule has 18 heavy (non-hydrogen) atoms. The lowest BCUT2D eigenvalue weighted by Crippen LogP contribution is -2.25. The van der Waals surface area contributed by atoms with Crippen molar-refractivity contribution in [1.82, 2.24) is 9.97 Å². The molecule has 0 bridgehead atoms. The maximum Gasteiger partial charge on any atom is 0.146 e. The van der Waals surface area contributed by atoms with Crippen molar-refractivity contribution in [3.05, 3.63) is 12.4 Å². The van der Waals surface area contributed by atoms with Crippen LogP contribution < -0.4 is 10.6 Å². The van der Waals surface area contributed by atoms with Gasteiger partial charge in [-0.2, -0.15) is 0 Å². The van der Waals surface area contributed by atoms with Gasteiger partial charge in [0.1, 0.15) is 11.6 Å². The third-order valence-electron chi connectivity index (χ3n) is 2.72. The number of ether oxygens (including phenoxy) is 1. The minimum atomic E-state index is 0.172. The molecule has 5 nitrogen and oxygen atoms in total. The average Bonchev–Trinajstić information content (AvgIpc) is 2.35. The van der Waals surface area contributed by atoms with Crippen molar-refractivity contribution in [2.45, 2.75) is 27.2 Å². The minimum absolute atomic E-state index is 0.172. The molecule has 0 atom stereocenters. The molecule has 1 heterocycles. The van der Waals surface area contributed by atoms with Gasteiger partial charge in [0.2, 0.25) is 0 Å². The van der Waals surface area contributed by atoms with Gasteiger partial charge in [0.15, 0.2) is 0 Å². The molecule has 1 aromatic rings. The van der Waals surface area contributed by atoms with Crippen LogP contribution in [-0.4, -0.2) is 36.8 Å². The van der Waals surface area contributed by atoms with E-state index in [9.17, 15) is 0 Å². The Morgan fingerprint density at radius 2 is 1.89 bits per heavy atom. The average molecular weight is 252 g/mol. The lowest BCUT2D eigenvalue weighted by atomic mass is 9.90. The summed E-state index contributed by atoms with van der Waals surface area (Å²) in [6, 6.07) is 0. The summed E-state index contributed by atoms with van der Waals surface area (Å²) >= 11 is 0. The number of nitrogens with one attached hydrogen (secondary N) is 2. The first-order chi connectivity index (χ1) is 8.57. The van der Waals surface area contributed by atoms with E-state index in [0.717, 1.165) is 37.8 Å². The highest BCUT2D eigenvalue weighted by molar-refractivity contribution is 5.41. The molecule has 1 rings (SSSR count). The number of hydrogen-bond acceptors (Lipinski definition) is 5. The number of aromatic nitrogens is 2. The predicted molar refractivity (Wildman–Crippen MR) is 75.0 cm³/mol. The first-order valence-corrected chi connectivity index (χ1v) is 6.36. The second-order valence-electron chi connectivity index (χ2n) is 5.08. The number of rotatable bonds is 8. The second-order valence-corrected chi connectivity index (χ2v) is 5.08. The van der Waals surface area contributed by atoms with Crippen LogP contribution in [0.15, 0.2) is 12.4 Å². The van der Waals surface area contributed by atoms with Gasteiger partial charge in [-0.05, 0) is 18.8 Å². The number of anilines is 2. The summed E-state index contributed by atoms with van der Waals surface area (Å²) in [6.07, 6.45) is 4.48. The molecule has 0 fully saturated rings. The third-order valence-corrected chi connectivity index (χ3v) is 2.72. The lowest BCUT2D eigenvalue weighted by Gasteiger charge is -2.24. The fraction of sp³-hybridized carbons (Fsp3) is 0.692. The Morgan fingerprint density at radius 3 is 2.50 bits per heavy atom. The van der Waals surface area contributed by atoms with Gasteiger partial charge in [-0.1, -0.05) is 13.8 Å². The Morgan fingerprint density at radius 1 is 1.22 bits per heavy atom. The smallest absolute Gasteiger partial charge is 0.146 e. The van der Waals surface area contributed by atoms with Crippen LogP contribution in [0.25, 0.3) is 0 Å². The molecule has 5 heteroatoms. The molecule has 0 unspecified atom stereocenters. The molecule has 0 saturated carbocycles. The topological polar surface area (TPSA) is 59.1 Å². The van der Waals surface area contributed by atoms with Crippen molar-refractivity contribution in [3.8, 4) is 0 Å². The van der Waals surface area contributed by atoms with E-state index in [-0.39, 0.29) is 5.41 Å². The number of nitrogens with zero attached hydrogens (tertiary/aromatic N) is 2. The lowest BCUT2D eigenvalue weighted by molar-refractivity contribution is 0.157. The van der Waals surface area contributed by atoms with Crippen LogP contribution in [-0.2, 0) is 4.74 Å². The van der Waals surface area contributed by atoms with E-state index in [2.05, 4.69) is 34.4 Å². The van der Waals surface area contributed by atoms with Crippen molar-refractivity contribution in [2.75, 3.05) is 37.4 Å². The highest BCUT2D eigenvalue weighted by Crippen LogP contribution is 2.20. The fourth-order valence-electron chi connectivity index (χ4n) is 1.51. The van der Waals surface area contributed by atoms with Gasteiger partial charge >= 0.3 is 0 Å². The largest absolute Gasteiger partial charge is 0.385 e. The summed E-state index contributed by atoms with van der Waals surface area (Å²) in [4.78, 5) is 8.58. The molecular formula is C13H24N4O. The summed E-state index contributed by atoms with van der Waals surface area (Å²) in [5.41, 5.74) is 0.172. The van der Waals surface area contributed by atoms with Crippen LogP contribution in [0.1, 0.15) is 27.2 Å². The summed E-state index contributed by atoms with van der Waals surface area (Å²) in [7, 11) is 1.73. The zero-order chi connectivity index (χ0) is 13.4. The summed E-state index contributed by atoms with van der Waals surface area (Å²) < 4.78 is 5.12. The van der Waals surface area contributed by atoms with Crippen LogP contribution in [0.3, 0.4) is 0 Å². The van der Waals surface area contributed by atoms with E-state index in [0.29, 0.717) is 0 Å². The molecule has 102 valence electrons. The van der Waals surface area contributed by atoms with Crippen LogP contribution in [0.4, 0.5) is 11.6 Å². The van der Waals surface area contributed by atoms with Gasteiger partial charge in [0.25, 0.3) is 0 Å². The van der Waals surface area contributed by atoms with Gasteiger partial charge in [-0.3, -0.25) is 4.98 Å². The summed E-state index contributed by atoms with van der Waals surface area (Å²) in [5.74, 6) is 1.61. The molecule has 0 radical (unpaired) electrons. The van der Waals surface area contributed by atoms with Gasteiger partial charge in [-0.25, -0.2) is 4.98 Å². The monoisotopic (exact) mass is 252 g/mol. The SMILES string of the molecule is CCNc1cncc(NCC(C)(C)CCOC)n1. The molecule has 1 aromatic heterocycles. The maximum absolute atomic E-state index is 5.12. The van der Waals surface area contributed by atoms with Gasteiger partial charge in [0.05, 0.1) is 12.4 Å². The Bertz CT molecular complexity index is 355. The van der Waals surface area contributed by atoms with E-state index in [1.807, 2.05) is 6.92 Å². The molecule has 0 aliphatic heterocycles. The van der Waals surface area contributed by atoms with Gasteiger partial charge < -0.3 is 15.4 Å². The maximum atomic E-state index is 5.12. The first kappa shape index (κ1) is 14.7. The minimum Gasteiger partial charge on any atom is -0.385 e. The molecule has 0 aromatic carbocycles. The fourth-order valence-corrected chi connectivity index (χ4v) is 1.51.